The van der Waals surface area contributed by atoms with Gasteiger partial charge in [-0.2, -0.15) is 4.39 Å². The number of imidazole rings is 1. The van der Waals surface area contributed by atoms with Gasteiger partial charge in [0.2, 0.25) is 11.9 Å². The molecule has 2 aromatic carbocycles. The zero-order valence-corrected chi connectivity index (χ0v) is 23.7. The highest BCUT2D eigenvalue weighted by Crippen LogP contribution is 2.38. The normalized spacial score (nSPS) is 11.4. The predicted octanol–water partition coefficient (Wildman–Crippen LogP) is 6.37. The molecule has 5 rings (SSSR count). The van der Waals surface area contributed by atoms with E-state index in [2.05, 4.69) is 47.4 Å². The van der Waals surface area contributed by atoms with Gasteiger partial charge in [-0.3, -0.25) is 9.78 Å². The first kappa shape index (κ1) is 27.6. The van der Waals surface area contributed by atoms with E-state index in [4.69, 9.17) is 14.5 Å². The minimum atomic E-state index is -0.528. The third kappa shape index (κ3) is 5.67. The van der Waals surface area contributed by atoms with Crippen LogP contribution in [0.1, 0.15) is 36.8 Å². The van der Waals surface area contributed by atoms with Crippen LogP contribution in [0.2, 0.25) is 0 Å². The zero-order valence-electron chi connectivity index (χ0n) is 23.7. The number of ether oxygens (including phenoxy) is 2. The molecule has 9 nitrogen and oxygen atoms in total. The van der Waals surface area contributed by atoms with Crippen molar-refractivity contribution >= 4 is 28.6 Å². The molecule has 0 fully saturated rings. The number of anilines is 2. The van der Waals surface area contributed by atoms with Crippen LogP contribution in [0.4, 0.5) is 16.0 Å². The molecule has 41 heavy (non-hydrogen) atoms. The average Bonchev–Trinajstić information content (AvgIpc) is 3.25. The molecule has 0 bridgehead atoms. The number of hydrogen-bond acceptors (Lipinski definition) is 7. The third-order valence-corrected chi connectivity index (χ3v) is 6.71. The summed E-state index contributed by atoms with van der Waals surface area (Å²) in [6.07, 6.45) is 2.98. The highest BCUT2D eigenvalue weighted by molar-refractivity contribution is 5.92. The Morgan fingerprint density at radius 2 is 1.76 bits per heavy atom. The molecule has 0 aliphatic rings. The SMILES string of the molecule is CNC(=O)c1cc(Oc2cc3nc(Nc4ccc(C(C)(C)C)c(-c5ccnc(F)c5)c4)n(C)c3cc2OC)ccn1. The smallest absolute Gasteiger partial charge is 0.269 e. The maximum Gasteiger partial charge on any atom is 0.269 e. The molecule has 0 saturated heterocycles. The number of methoxy groups -OCH3 is 1. The number of benzene rings is 2. The Morgan fingerprint density at radius 3 is 2.46 bits per heavy atom. The Hall–Kier alpha value is -4.99. The first-order valence-corrected chi connectivity index (χ1v) is 13.0. The lowest BCUT2D eigenvalue weighted by atomic mass is 9.82. The number of halogens is 1. The Bertz CT molecular complexity index is 1760. The molecule has 0 spiro atoms. The summed E-state index contributed by atoms with van der Waals surface area (Å²) < 4.78 is 27.6. The molecule has 210 valence electrons. The Balaban J connectivity index is 1.51. The van der Waals surface area contributed by atoms with Gasteiger partial charge >= 0.3 is 0 Å². The lowest BCUT2D eigenvalue weighted by Crippen LogP contribution is -2.18. The van der Waals surface area contributed by atoms with Gasteiger partial charge in [0.15, 0.2) is 11.5 Å². The number of pyridine rings is 2. The molecule has 0 saturated carbocycles. The van der Waals surface area contributed by atoms with E-state index in [0.29, 0.717) is 28.7 Å². The van der Waals surface area contributed by atoms with E-state index in [1.807, 2.05) is 29.8 Å². The summed E-state index contributed by atoms with van der Waals surface area (Å²) in [6.45, 7) is 6.38. The van der Waals surface area contributed by atoms with Crippen LogP contribution in [0.15, 0.2) is 67.0 Å². The molecule has 0 aliphatic carbocycles. The van der Waals surface area contributed by atoms with E-state index in [1.165, 1.54) is 18.5 Å². The molecular weight excluding hydrogens is 523 g/mol. The topological polar surface area (TPSA) is 103 Å². The van der Waals surface area contributed by atoms with Crippen LogP contribution >= 0.6 is 0 Å². The number of amides is 1. The van der Waals surface area contributed by atoms with E-state index in [9.17, 15) is 9.18 Å². The fourth-order valence-corrected chi connectivity index (χ4v) is 4.62. The van der Waals surface area contributed by atoms with Gasteiger partial charge in [0.1, 0.15) is 11.4 Å². The van der Waals surface area contributed by atoms with E-state index in [0.717, 1.165) is 27.9 Å². The van der Waals surface area contributed by atoms with Gasteiger partial charge in [0.05, 0.1) is 18.1 Å². The fourth-order valence-electron chi connectivity index (χ4n) is 4.62. The number of hydrogen-bond donors (Lipinski definition) is 2. The van der Waals surface area contributed by atoms with E-state index in [1.54, 1.807) is 38.4 Å². The quantitative estimate of drug-likeness (QED) is 0.225. The first-order chi connectivity index (χ1) is 19.6. The number of nitrogens with one attached hydrogen (secondary N) is 2. The van der Waals surface area contributed by atoms with Crippen LogP contribution < -0.4 is 20.1 Å². The molecule has 0 radical (unpaired) electrons. The molecule has 1 amide bonds. The van der Waals surface area contributed by atoms with Crippen LogP contribution in [-0.4, -0.2) is 39.6 Å². The maximum absolute atomic E-state index is 14.0. The summed E-state index contributed by atoms with van der Waals surface area (Å²) in [5, 5.41) is 5.96. The highest BCUT2D eigenvalue weighted by Gasteiger charge is 2.21. The van der Waals surface area contributed by atoms with Crippen molar-refractivity contribution in [2.45, 2.75) is 26.2 Å². The fraction of sp³-hybridized carbons (Fsp3) is 0.226. The van der Waals surface area contributed by atoms with Gasteiger partial charge in [-0.25, -0.2) is 9.97 Å². The van der Waals surface area contributed by atoms with E-state index < -0.39 is 5.95 Å². The van der Waals surface area contributed by atoms with Crippen molar-refractivity contribution in [1.82, 2.24) is 24.8 Å². The van der Waals surface area contributed by atoms with Crippen LogP contribution in [0.25, 0.3) is 22.2 Å². The Labute approximate surface area is 237 Å². The standard InChI is InChI=1S/C31H31FN6O3/c1-31(2,3)22-8-7-19(14-21(22)18-9-11-35-28(32)13-18)36-30-37-23-16-27(26(40-6)17-25(23)38(30)5)41-20-10-12-34-24(15-20)29(39)33-4/h7-17H,1-6H3,(H,33,39)(H,36,37). The van der Waals surface area contributed by atoms with Crippen molar-refractivity contribution in [2.24, 2.45) is 7.05 Å². The second kappa shape index (κ2) is 10.9. The van der Waals surface area contributed by atoms with Crippen LogP contribution in [0, 0.1) is 5.95 Å². The molecule has 3 heterocycles. The molecule has 10 heteroatoms. The molecule has 0 atom stereocenters. The molecule has 2 N–H and O–H groups in total. The van der Waals surface area contributed by atoms with Crippen molar-refractivity contribution in [3.63, 3.8) is 0 Å². The predicted molar refractivity (Wildman–Crippen MR) is 157 cm³/mol. The van der Waals surface area contributed by atoms with Crippen LogP contribution in [0.5, 0.6) is 17.2 Å². The minimum Gasteiger partial charge on any atom is -0.493 e. The second-order valence-corrected chi connectivity index (χ2v) is 10.5. The summed E-state index contributed by atoms with van der Waals surface area (Å²) in [5.74, 6) is 1.13. The number of aromatic nitrogens is 4. The summed E-state index contributed by atoms with van der Waals surface area (Å²) in [5.41, 5.74) is 5.11. The number of nitrogens with zero attached hydrogens (tertiary/aromatic N) is 4. The van der Waals surface area contributed by atoms with Crippen LogP contribution in [0.3, 0.4) is 0 Å². The number of aryl methyl sites for hydroxylation is 1. The highest BCUT2D eigenvalue weighted by atomic mass is 19.1. The minimum absolute atomic E-state index is 0.158. The van der Waals surface area contributed by atoms with Gasteiger partial charge in [-0.15, -0.1) is 0 Å². The molecule has 0 aliphatic heterocycles. The number of rotatable bonds is 7. The number of carbonyl (C=O) groups is 1. The average molecular weight is 555 g/mol. The van der Waals surface area contributed by atoms with Crippen molar-refractivity contribution in [3.8, 4) is 28.4 Å². The van der Waals surface area contributed by atoms with Gasteiger partial charge in [0, 0.05) is 56.4 Å². The maximum atomic E-state index is 14.0. The zero-order chi connectivity index (χ0) is 29.3. The number of carbonyl (C=O) groups excluding carboxylic acids is 1. The molecule has 0 unspecified atom stereocenters. The lowest BCUT2D eigenvalue weighted by molar-refractivity contribution is 0.0958. The summed E-state index contributed by atoms with van der Waals surface area (Å²) in [7, 11) is 5.00. The lowest BCUT2D eigenvalue weighted by Gasteiger charge is -2.24. The Morgan fingerprint density at radius 1 is 0.976 bits per heavy atom. The van der Waals surface area contributed by atoms with Crippen molar-refractivity contribution in [3.05, 3.63) is 84.2 Å². The van der Waals surface area contributed by atoms with Crippen molar-refractivity contribution in [2.75, 3.05) is 19.5 Å². The summed E-state index contributed by atoms with van der Waals surface area (Å²) in [6, 6.07) is 16.1. The van der Waals surface area contributed by atoms with Crippen molar-refractivity contribution < 1.29 is 18.7 Å². The molecule has 3 aromatic heterocycles. The van der Waals surface area contributed by atoms with Crippen molar-refractivity contribution in [1.29, 1.82) is 0 Å². The summed E-state index contributed by atoms with van der Waals surface area (Å²) in [4.78, 5) is 24.6. The number of fused-ring (bicyclic) bond motifs is 1. The third-order valence-electron chi connectivity index (χ3n) is 6.71. The Kier molecular flexibility index (Phi) is 7.32. The summed E-state index contributed by atoms with van der Waals surface area (Å²) >= 11 is 0. The largest absolute Gasteiger partial charge is 0.493 e. The van der Waals surface area contributed by atoms with Crippen LogP contribution in [-0.2, 0) is 12.5 Å². The van der Waals surface area contributed by atoms with Gasteiger partial charge < -0.3 is 24.7 Å². The van der Waals surface area contributed by atoms with E-state index in [-0.39, 0.29) is 17.0 Å². The monoisotopic (exact) mass is 554 g/mol. The van der Waals surface area contributed by atoms with Gasteiger partial charge in [0.25, 0.3) is 5.91 Å². The molecular formula is C31H31FN6O3. The second-order valence-electron chi connectivity index (χ2n) is 10.5. The van der Waals surface area contributed by atoms with E-state index >= 15 is 0 Å². The van der Waals surface area contributed by atoms with Gasteiger partial charge in [-0.05, 0) is 46.4 Å². The van der Waals surface area contributed by atoms with Gasteiger partial charge in [-0.1, -0.05) is 26.8 Å². The first-order valence-electron chi connectivity index (χ1n) is 13.0. The molecule has 5 aromatic rings.